The molecule has 0 heterocycles. The lowest BCUT2D eigenvalue weighted by atomic mass is 9.97. The van der Waals surface area contributed by atoms with Crippen molar-refractivity contribution in [2.75, 3.05) is 7.05 Å². The fraction of sp³-hybridized carbons (Fsp3) is 0.667. The quantitative estimate of drug-likeness (QED) is 0.522. The third kappa shape index (κ3) is 5.57. The van der Waals surface area contributed by atoms with Crippen molar-refractivity contribution < 1.29 is 19.5 Å². The van der Waals surface area contributed by atoms with Gasteiger partial charge in [-0.2, -0.15) is 0 Å². The van der Waals surface area contributed by atoms with Gasteiger partial charge in [-0.15, -0.1) is 0 Å². The molecule has 21 heavy (non-hydrogen) atoms. The molecule has 0 aliphatic rings. The number of carboxylic acids is 1. The number of aliphatic carboxylic acids is 1. The summed E-state index contributed by atoms with van der Waals surface area (Å²) in [5.41, 5.74) is 0.192. The molecular weight excluding hydrogens is 272 g/mol. The number of hydrogen-bond acceptors (Lipinski definition) is 3. The first-order chi connectivity index (χ1) is 9.63. The summed E-state index contributed by atoms with van der Waals surface area (Å²) in [6.45, 7) is 9.01. The summed E-state index contributed by atoms with van der Waals surface area (Å²) in [5, 5.41) is 11.5. The van der Waals surface area contributed by atoms with Crippen LogP contribution >= 0.6 is 0 Å². The van der Waals surface area contributed by atoms with Crippen molar-refractivity contribution in [2.45, 2.75) is 46.7 Å². The van der Waals surface area contributed by atoms with E-state index in [0.29, 0.717) is 6.41 Å². The third-order valence-electron chi connectivity index (χ3n) is 3.42. The molecule has 2 N–H and O–H groups in total. The Kier molecular flexibility index (Phi) is 7.70. The summed E-state index contributed by atoms with van der Waals surface area (Å²) >= 11 is 0. The van der Waals surface area contributed by atoms with Crippen LogP contribution in [0, 0.1) is 11.8 Å². The summed E-state index contributed by atoms with van der Waals surface area (Å²) in [5.74, 6) is -1.24. The fourth-order valence-electron chi connectivity index (χ4n) is 2.07. The maximum absolute atomic E-state index is 12.5. The smallest absolute Gasteiger partial charge is 0.331 e. The van der Waals surface area contributed by atoms with Crippen LogP contribution in [0.15, 0.2) is 11.6 Å². The third-order valence-corrected chi connectivity index (χ3v) is 3.42. The van der Waals surface area contributed by atoms with Gasteiger partial charge in [0.05, 0.1) is 6.04 Å². The van der Waals surface area contributed by atoms with Crippen LogP contribution in [0.5, 0.6) is 0 Å². The minimum atomic E-state index is -1.01. The van der Waals surface area contributed by atoms with Crippen LogP contribution in [0.3, 0.4) is 0 Å². The number of nitrogens with zero attached hydrogens (tertiary/aromatic N) is 1. The van der Waals surface area contributed by atoms with Crippen LogP contribution in [0.1, 0.15) is 34.6 Å². The molecule has 0 aliphatic heterocycles. The van der Waals surface area contributed by atoms with Crippen molar-refractivity contribution in [1.82, 2.24) is 10.2 Å². The van der Waals surface area contributed by atoms with Crippen LogP contribution in [0.4, 0.5) is 0 Å². The molecule has 0 rings (SSSR count). The number of carboxylic acid groups (broad SMARTS) is 1. The Labute approximate surface area is 126 Å². The summed E-state index contributed by atoms with van der Waals surface area (Å²) in [4.78, 5) is 35.6. The van der Waals surface area contributed by atoms with Crippen molar-refractivity contribution in [3.8, 4) is 0 Å². The van der Waals surface area contributed by atoms with E-state index in [1.165, 1.54) is 11.8 Å². The minimum absolute atomic E-state index is 0.0530. The number of nitrogens with one attached hydrogen (secondary N) is 1. The Morgan fingerprint density at radius 3 is 2.00 bits per heavy atom. The number of likely N-dealkylation sites (N-methyl/N-ethyl adjacent to an activating group) is 1. The van der Waals surface area contributed by atoms with E-state index in [9.17, 15) is 14.4 Å². The topological polar surface area (TPSA) is 86.7 Å². The van der Waals surface area contributed by atoms with Crippen LogP contribution < -0.4 is 5.32 Å². The second-order valence-corrected chi connectivity index (χ2v) is 5.84. The Hall–Kier alpha value is -1.85. The lowest BCUT2D eigenvalue weighted by Gasteiger charge is -2.33. The number of rotatable bonds is 8. The molecule has 6 heteroatoms. The van der Waals surface area contributed by atoms with Crippen molar-refractivity contribution in [3.63, 3.8) is 0 Å². The molecule has 0 spiro atoms. The first kappa shape index (κ1) is 19.1. The molecule has 6 nitrogen and oxygen atoms in total. The zero-order chi connectivity index (χ0) is 16.7. The molecule has 0 saturated heterocycles. The van der Waals surface area contributed by atoms with Gasteiger partial charge in [-0.25, -0.2) is 4.79 Å². The molecule has 2 amide bonds. The number of amides is 2. The van der Waals surface area contributed by atoms with Gasteiger partial charge < -0.3 is 15.3 Å². The molecule has 0 radical (unpaired) electrons. The molecular formula is C15H26N2O4. The summed E-state index contributed by atoms with van der Waals surface area (Å²) in [6, 6.07) is -0.962. The largest absolute Gasteiger partial charge is 0.478 e. The lowest BCUT2D eigenvalue weighted by molar-refractivity contribution is -0.137. The van der Waals surface area contributed by atoms with Gasteiger partial charge in [0.1, 0.15) is 6.04 Å². The Bertz CT molecular complexity index is 416. The molecule has 120 valence electrons. The molecule has 0 aromatic rings. The van der Waals surface area contributed by atoms with Gasteiger partial charge in [-0.05, 0) is 18.8 Å². The van der Waals surface area contributed by atoms with Gasteiger partial charge >= 0.3 is 5.97 Å². The molecule has 0 aromatic heterocycles. The highest BCUT2D eigenvalue weighted by Gasteiger charge is 2.29. The van der Waals surface area contributed by atoms with Crippen LogP contribution in [-0.2, 0) is 14.4 Å². The molecule has 0 fully saturated rings. The van der Waals surface area contributed by atoms with Gasteiger partial charge in [0, 0.05) is 12.6 Å². The summed E-state index contributed by atoms with van der Waals surface area (Å²) in [7, 11) is 1.63. The second-order valence-electron chi connectivity index (χ2n) is 5.84. The molecule has 0 unspecified atom stereocenters. The van der Waals surface area contributed by atoms with E-state index >= 15 is 0 Å². The van der Waals surface area contributed by atoms with E-state index in [1.807, 2.05) is 27.7 Å². The number of carbonyl (C=O) groups is 3. The molecule has 0 bridgehead atoms. The van der Waals surface area contributed by atoms with E-state index in [-0.39, 0.29) is 29.4 Å². The normalized spacial score (nSPS) is 14.8. The molecule has 0 aliphatic carbocycles. The van der Waals surface area contributed by atoms with Crippen molar-refractivity contribution >= 4 is 18.3 Å². The van der Waals surface area contributed by atoms with Crippen molar-refractivity contribution in [3.05, 3.63) is 11.6 Å². The minimum Gasteiger partial charge on any atom is -0.478 e. The maximum atomic E-state index is 12.5. The Morgan fingerprint density at radius 2 is 1.67 bits per heavy atom. The van der Waals surface area contributed by atoms with E-state index < -0.39 is 12.0 Å². The van der Waals surface area contributed by atoms with Gasteiger partial charge in [-0.1, -0.05) is 33.8 Å². The van der Waals surface area contributed by atoms with Crippen LogP contribution in [0.2, 0.25) is 0 Å². The summed E-state index contributed by atoms with van der Waals surface area (Å²) in [6.07, 6.45) is 2.09. The predicted octanol–water partition coefficient (Wildman–Crippen LogP) is 1.27. The van der Waals surface area contributed by atoms with Gasteiger partial charge in [0.25, 0.3) is 0 Å². The zero-order valence-electron chi connectivity index (χ0n) is 13.6. The van der Waals surface area contributed by atoms with Crippen molar-refractivity contribution in [2.24, 2.45) is 11.8 Å². The first-order valence-electron chi connectivity index (χ1n) is 7.01. The van der Waals surface area contributed by atoms with E-state index in [2.05, 4.69) is 5.32 Å². The highest BCUT2D eigenvalue weighted by molar-refractivity contribution is 5.87. The monoisotopic (exact) mass is 298 g/mol. The van der Waals surface area contributed by atoms with Gasteiger partial charge in [0.2, 0.25) is 12.3 Å². The molecule has 0 saturated carbocycles. The van der Waals surface area contributed by atoms with Crippen molar-refractivity contribution in [1.29, 1.82) is 0 Å². The molecule has 0 aromatic carbocycles. The fourth-order valence-corrected chi connectivity index (χ4v) is 2.07. The van der Waals surface area contributed by atoms with Gasteiger partial charge in [-0.3, -0.25) is 9.59 Å². The van der Waals surface area contributed by atoms with E-state index in [0.717, 1.165) is 0 Å². The average Bonchev–Trinajstić information content (AvgIpc) is 2.39. The summed E-state index contributed by atoms with van der Waals surface area (Å²) < 4.78 is 0. The SMILES string of the molecule is C/C(=C\[C@H](C(C)C)N(C)C(=O)[C@@H](NC=O)C(C)C)C(=O)O. The first-order valence-corrected chi connectivity index (χ1v) is 7.01. The number of carbonyl (C=O) groups excluding carboxylic acids is 2. The van der Waals surface area contributed by atoms with E-state index in [1.54, 1.807) is 13.1 Å². The molecule has 2 atom stereocenters. The predicted molar refractivity (Wildman–Crippen MR) is 80.6 cm³/mol. The van der Waals surface area contributed by atoms with Crippen LogP contribution in [0.25, 0.3) is 0 Å². The average molecular weight is 298 g/mol. The van der Waals surface area contributed by atoms with Crippen LogP contribution in [-0.4, -0.2) is 47.4 Å². The van der Waals surface area contributed by atoms with E-state index in [4.69, 9.17) is 5.11 Å². The standard InChI is InChI=1S/C15H26N2O4/c1-9(2)12(7-11(5)15(20)21)17(6)14(19)13(10(3)4)16-8-18/h7-10,12-13H,1-6H3,(H,16,18)(H,20,21)/b11-7+/t12-,13+/m1/s1. The second kappa shape index (κ2) is 8.44. The maximum Gasteiger partial charge on any atom is 0.331 e. The van der Waals surface area contributed by atoms with Gasteiger partial charge in [0.15, 0.2) is 0 Å². The lowest BCUT2D eigenvalue weighted by Crippen LogP contribution is -2.51. The Morgan fingerprint density at radius 1 is 1.14 bits per heavy atom. The Balaban J connectivity index is 5.34. The zero-order valence-corrected chi connectivity index (χ0v) is 13.6. The highest BCUT2D eigenvalue weighted by Crippen LogP contribution is 2.16. The highest BCUT2D eigenvalue weighted by atomic mass is 16.4. The number of hydrogen-bond donors (Lipinski definition) is 2.